The normalized spacial score (nSPS) is 14.2. The van der Waals surface area contributed by atoms with Crippen LogP contribution in [0.1, 0.15) is 223 Å². The molecule has 0 spiro atoms. The van der Waals surface area contributed by atoms with E-state index >= 15 is 0 Å². The number of alkyl halides is 1. The van der Waals surface area contributed by atoms with Gasteiger partial charge < -0.3 is 88.5 Å². The summed E-state index contributed by atoms with van der Waals surface area (Å²) in [5, 5.41) is 50.0. The van der Waals surface area contributed by atoms with Crippen molar-refractivity contribution in [2.45, 2.75) is 273 Å². The lowest BCUT2D eigenvalue weighted by Gasteiger charge is -2.32. The highest BCUT2D eigenvalue weighted by molar-refractivity contribution is 9.11. The van der Waals surface area contributed by atoms with Crippen molar-refractivity contribution < 1.29 is 101 Å². The zero-order valence-electron chi connectivity index (χ0n) is 89.6. The molecule has 15 rings (SSSR count). The van der Waals surface area contributed by atoms with Crippen LogP contribution in [0.15, 0.2) is 173 Å². The number of pyridine rings is 10. The molecule has 1 saturated heterocycles. The van der Waals surface area contributed by atoms with E-state index < -0.39 is 70.5 Å². The number of esters is 2. The minimum Gasteiger partial charge on any atom is -0.492 e. The van der Waals surface area contributed by atoms with E-state index in [1.54, 1.807) is 172 Å². The number of hydrogen-bond donors (Lipinski definition) is 7. The lowest BCUT2D eigenvalue weighted by atomic mass is 9.79. The van der Waals surface area contributed by atoms with Crippen molar-refractivity contribution in [2.24, 2.45) is 5.73 Å². The van der Waals surface area contributed by atoms with Crippen LogP contribution in [0.4, 0.5) is 37.7 Å². The van der Waals surface area contributed by atoms with Gasteiger partial charge in [-0.05, 0) is 326 Å². The van der Waals surface area contributed by atoms with Crippen LogP contribution in [-0.4, -0.2) is 236 Å². The van der Waals surface area contributed by atoms with E-state index in [-0.39, 0.29) is 31.2 Å². The van der Waals surface area contributed by atoms with Gasteiger partial charge in [-0.3, -0.25) is 49.4 Å². The fourth-order valence-electron chi connectivity index (χ4n) is 14.4. The number of anilines is 4. The van der Waals surface area contributed by atoms with E-state index in [1.165, 1.54) is 10.5 Å². The molecule has 15 heterocycles. The van der Waals surface area contributed by atoms with Crippen LogP contribution < -0.4 is 50.2 Å². The maximum Gasteiger partial charge on any atom is 0.496 e. The van der Waals surface area contributed by atoms with Crippen LogP contribution >= 0.6 is 59.4 Å². The van der Waals surface area contributed by atoms with Crippen molar-refractivity contribution in [3.05, 3.63) is 207 Å². The number of aromatic nitrogens is 10. The number of aryl methyl sites for hydroxylation is 4. The lowest BCUT2D eigenvalue weighted by molar-refractivity contribution is -0.146. The maximum atomic E-state index is 12.6. The number of nitrogens with one attached hydrogen (secondary N) is 1. The highest BCUT2D eigenvalue weighted by Gasteiger charge is 2.52. The minimum atomic E-state index is -0.861. The van der Waals surface area contributed by atoms with Gasteiger partial charge >= 0.3 is 37.3 Å². The Morgan fingerprint density at radius 2 is 0.813 bits per heavy atom. The standard InChI is InChI=1S/C23H31N3O4.C19H29BN2O4.C19H24N4O3.C18H23N3O2.C10H12BrNO3.C10H14BrNO2.C6H5BrClN.C4H8O3/c1-22(2,3)30-21(27)26-9-6-7-16-11-17(14-25-20(16)26)18-12-19(15-24-13-18)29-10-8-23(4,5)28;1-17(2,3)24-16(23)22-10-8-9-13-11-14(12-21-15(13)22)20-25-18(4,5)19(6,7)26-20;1-19(2,25)12-26-11-13-6-15(9-21-8-13)16-7-14-4-3-5-23(18(20)24)17(14)22-10-16;1-18(2,22)5-7-23-16-9-15(10-19-12-16)14-8-13-4-3-6-20-17(13)21-11-14;1-2-14-10(13)3-4-15-9-5-8(11)6-12-7-9;1-10(2,13)3-4-14-9-5-8(11)6-12-7-9;7-6-1-5(2-8)3-9-4-6;1-2-7-4(6)3-5/h11-15,28H,6-10H2,1-5H3;11-12H,8-10H2,1-7H3;6-10,25H,3-5,11-12H2,1-2H3,(H2,20,24);8-12,22H,3-7H2,1-2H3,(H,20,21);5-7H,2-4H2,1H3;5-7,13H,3-4H2,1-2H3;1,3-4H,2H2;5H,2-3H2,1H3. The Hall–Kier alpha value is -11.3. The van der Waals surface area contributed by atoms with Crippen molar-refractivity contribution in [3.63, 3.8) is 0 Å². The number of amides is 4. The van der Waals surface area contributed by atoms with Gasteiger partial charge in [0.2, 0.25) is 0 Å². The quantitative estimate of drug-likeness (QED) is 0.0104. The molecule has 814 valence electrons. The molecule has 10 aromatic heterocycles. The van der Waals surface area contributed by atoms with Gasteiger partial charge in [0.1, 0.15) is 64.1 Å². The van der Waals surface area contributed by atoms with Gasteiger partial charge in [0.15, 0.2) is 0 Å². The van der Waals surface area contributed by atoms with Crippen LogP contribution in [0.2, 0.25) is 0 Å². The fourth-order valence-corrected chi connectivity index (χ4v) is 15.7. The number of urea groups is 1. The molecule has 0 aliphatic carbocycles. The molecule has 0 unspecified atom stereocenters. The number of ether oxygens (including phenoxy) is 9. The average Bonchev–Trinajstić information content (AvgIpc) is 1.60. The van der Waals surface area contributed by atoms with E-state index in [9.17, 15) is 44.4 Å². The molecular weight excluding hydrogens is 2140 g/mol. The van der Waals surface area contributed by atoms with Crippen molar-refractivity contribution in [3.8, 4) is 56.4 Å². The van der Waals surface area contributed by atoms with Gasteiger partial charge in [-0.15, -0.1) is 11.6 Å². The molecule has 41 heteroatoms. The third-order valence-electron chi connectivity index (χ3n) is 22.5. The van der Waals surface area contributed by atoms with E-state index in [0.717, 1.165) is 144 Å². The Morgan fingerprint density at radius 3 is 1.23 bits per heavy atom. The van der Waals surface area contributed by atoms with Crippen LogP contribution in [-0.2, 0) is 80.8 Å². The maximum absolute atomic E-state index is 12.6. The van der Waals surface area contributed by atoms with Gasteiger partial charge in [-0.1, -0.05) is 6.07 Å². The molecule has 4 amide bonds. The molecule has 150 heavy (non-hydrogen) atoms. The summed E-state index contributed by atoms with van der Waals surface area (Å²) in [6.07, 6.45) is 36.2. The second-order valence-corrected chi connectivity index (χ2v) is 44.2. The first-order valence-corrected chi connectivity index (χ1v) is 52.8. The third-order valence-corrected chi connectivity index (χ3v) is 24.1. The van der Waals surface area contributed by atoms with Gasteiger partial charge in [0.05, 0.1) is 118 Å². The number of primary amides is 1. The molecule has 0 radical (unpaired) electrons. The smallest absolute Gasteiger partial charge is 0.492 e. The molecule has 10 aromatic rings. The zero-order valence-corrected chi connectivity index (χ0v) is 95.2. The number of carbonyl (C=O) groups is 5. The van der Waals surface area contributed by atoms with Crippen LogP contribution in [0.5, 0.6) is 23.0 Å². The van der Waals surface area contributed by atoms with Crippen LogP contribution in [0.3, 0.4) is 0 Å². The number of carbonyl (C=O) groups excluding carboxylic acids is 5. The molecule has 5 aliphatic rings. The first-order chi connectivity index (χ1) is 70.6. The molecule has 5 aliphatic heterocycles. The topological polar surface area (TPSA) is 465 Å². The number of aliphatic hydroxyl groups excluding tert-OH is 1. The first kappa shape index (κ1) is 124. The highest BCUT2D eigenvalue weighted by atomic mass is 79.9. The van der Waals surface area contributed by atoms with Crippen LogP contribution in [0.25, 0.3) is 33.4 Å². The molecule has 0 bridgehead atoms. The van der Waals surface area contributed by atoms with Crippen molar-refractivity contribution in [1.29, 1.82) is 0 Å². The number of halogens is 4. The Kier molecular flexibility index (Phi) is 48.4. The summed E-state index contributed by atoms with van der Waals surface area (Å²) in [7, 11) is -0.449. The molecule has 8 N–H and O–H groups in total. The summed E-state index contributed by atoms with van der Waals surface area (Å²) in [6.45, 7) is 42.0. The number of hydrogen-bond acceptors (Lipinski definition) is 32. The third kappa shape index (κ3) is 44.2. The van der Waals surface area contributed by atoms with Gasteiger partial charge in [0.25, 0.3) is 0 Å². The molecule has 0 saturated carbocycles. The Bertz CT molecular complexity index is 5990. The molecule has 0 atom stereocenters. The van der Waals surface area contributed by atoms with Crippen LogP contribution in [0, 0.1) is 0 Å². The lowest BCUT2D eigenvalue weighted by Crippen LogP contribution is -2.42. The van der Waals surface area contributed by atoms with E-state index in [4.69, 9.17) is 69.6 Å². The summed E-state index contributed by atoms with van der Waals surface area (Å²) in [5.41, 5.74) is 13.4. The predicted molar refractivity (Wildman–Crippen MR) is 589 cm³/mol. The number of rotatable bonds is 28. The second-order valence-electron chi connectivity index (χ2n) is 41.2. The van der Waals surface area contributed by atoms with Gasteiger partial charge in [-0.2, -0.15) is 0 Å². The number of nitrogens with two attached hydrogens (primary N) is 1. The van der Waals surface area contributed by atoms with E-state index in [1.807, 2.05) is 124 Å². The zero-order chi connectivity index (χ0) is 110. The number of aliphatic hydroxyl groups is 5. The molecule has 36 nitrogen and oxygen atoms in total. The Balaban J connectivity index is 0.000000215. The molecular formula is C109H146BBr3ClN15O21. The number of fused-ring (bicyclic) bond motifs is 4. The van der Waals surface area contributed by atoms with E-state index in [2.05, 4.69) is 120 Å². The molecule has 1 fully saturated rings. The predicted octanol–water partition coefficient (Wildman–Crippen LogP) is 19.4. The van der Waals surface area contributed by atoms with Crippen molar-refractivity contribution in [1.82, 2.24) is 49.8 Å². The summed E-state index contributed by atoms with van der Waals surface area (Å²) in [5.74, 6) is 5.37. The Morgan fingerprint density at radius 1 is 0.440 bits per heavy atom. The summed E-state index contributed by atoms with van der Waals surface area (Å²) in [6, 6.07) is 19.3. The van der Waals surface area contributed by atoms with Crippen molar-refractivity contribution >= 4 is 125 Å². The summed E-state index contributed by atoms with van der Waals surface area (Å²) in [4.78, 5) is 105. The first-order valence-electron chi connectivity index (χ1n) is 49.8. The number of nitrogens with zero attached hydrogens (tertiary/aromatic N) is 13. The largest absolute Gasteiger partial charge is 0.496 e. The summed E-state index contributed by atoms with van der Waals surface area (Å²) < 4.78 is 62.7. The van der Waals surface area contributed by atoms with Gasteiger partial charge in [0, 0.05) is 178 Å². The SMILES string of the molecule is CC(C)(C)OC(=O)N1CCCc2cc(B3OC(C)(C)C(C)(C)O3)cnc21.CC(C)(O)CCOc1cncc(-c2cnc3c(c2)CCCN3)c1.CC(C)(O)CCOc1cncc(-c2cnc3c(c2)CCCN3C(=O)OC(C)(C)C)c1.CC(C)(O)CCOc1cncc(Br)c1.CC(C)(O)COCc1cncc(-c2cnc3c(c2)CCCN3C(N)=O)c1.CCOC(=O)CCOc1cncc(Br)c1.CCOC(=O)CO.ClCc1cncc(Br)c1. The second kappa shape index (κ2) is 58.5. The van der Waals surface area contributed by atoms with Crippen molar-refractivity contribution in [2.75, 3.05) is 99.1 Å². The average molecular weight is 2290 g/mol. The summed E-state index contributed by atoms with van der Waals surface area (Å²) >= 11 is 15.4. The van der Waals surface area contributed by atoms with Gasteiger partial charge in [-0.25, -0.2) is 39.1 Å². The minimum absolute atomic E-state index is 0.250. The molecule has 0 aromatic carbocycles. The fraction of sp³-hybridized carbons (Fsp3) is 0.495. The van der Waals surface area contributed by atoms with E-state index in [0.29, 0.717) is 131 Å². The monoisotopic (exact) mass is 2280 g/mol. The highest BCUT2D eigenvalue weighted by Crippen LogP contribution is 2.39. The Labute approximate surface area is 911 Å².